The molecule has 0 spiro atoms. The van der Waals surface area contributed by atoms with Crippen molar-refractivity contribution in [3.8, 4) is 41.8 Å². The van der Waals surface area contributed by atoms with Gasteiger partial charge in [0.2, 0.25) is 0 Å². The summed E-state index contributed by atoms with van der Waals surface area (Å²) in [6, 6.07) is 74.9. The third kappa shape index (κ3) is 37.5. The third-order valence-electron chi connectivity index (χ3n) is 9.39. The van der Waals surface area contributed by atoms with Gasteiger partial charge in [0.1, 0.15) is 23.0 Å². The van der Waals surface area contributed by atoms with Gasteiger partial charge in [-0.15, -0.1) is 10.5 Å². The predicted octanol–water partition coefficient (Wildman–Crippen LogP) is 21.1. The van der Waals surface area contributed by atoms with Crippen LogP contribution in [0.25, 0.3) is 43.1 Å². The van der Waals surface area contributed by atoms with Crippen molar-refractivity contribution >= 4 is 43.1 Å². The highest BCUT2D eigenvalue weighted by molar-refractivity contribution is 5.85. The zero-order valence-corrected chi connectivity index (χ0v) is 49.2. The smallest absolute Gasteiger partial charge is 0.292 e. The van der Waals surface area contributed by atoms with Crippen LogP contribution < -0.4 is 9.47 Å². The highest BCUT2D eigenvalue weighted by Gasteiger charge is 1.96. The SMILES string of the molecule is C.C.CCC.CCC.CCC.CCC.CO.COC#N.Cc1ccccc1O.Cc1ccccc1OC#N.N#COc1ccc2ccccc2c1.Oc1ccc2ccccc2c1.c1ccc2ccccc2c1.c1ccc2ccccc2c1. The van der Waals surface area contributed by atoms with Crippen molar-refractivity contribution in [1.29, 1.82) is 15.8 Å². The van der Waals surface area contributed by atoms with E-state index in [1.54, 1.807) is 42.8 Å². The van der Waals surface area contributed by atoms with E-state index in [4.69, 9.17) is 35.8 Å². The van der Waals surface area contributed by atoms with Gasteiger partial charge in [0.25, 0.3) is 18.8 Å². The van der Waals surface area contributed by atoms with Gasteiger partial charge in [0, 0.05) is 7.11 Å². The molecule has 0 bridgehead atoms. The molecule has 10 aromatic carbocycles. The molecule has 3 N–H and O–H groups in total. The van der Waals surface area contributed by atoms with Crippen molar-refractivity contribution in [3.05, 3.63) is 242 Å². The summed E-state index contributed by atoms with van der Waals surface area (Å²) in [7, 11) is 2.32. The lowest BCUT2D eigenvalue weighted by Gasteiger charge is -1.98. The quantitative estimate of drug-likeness (QED) is 0.143. The van der Waals surface area contributed by atoms with Gasteiger partial charge in [0.05, 0.1) is 7.11 Å². The van der Waals surface area contributed by atoms with Crippen molar-refractivity contribution < 1.29 is 29.5 Å². The molecule has 436 valence electrons. The summed E-state index contributed by atoms with van der Waals surface area (Å²) < 4.78 is 13.2. The van der Waals surface area contributed by atoms with E-state index < -0.39 is 0 Å². The third-order valence-corrected chi connectivity index (χ3v) is 9.39. The number of para-hydroxylation sites is 2. The minimum atomic E-state index is 0. The number of methoxy groups -OCH3 is 1. The summed E-state index contributed by atoms with van der Waals surface area (Å²) in [5, 5.41) is 58.6. The van der Waals surface area contributed by atoms with E-state index >= 15 is 0 Å². The number of aliphatic hydroxyl groups excluding tert-OH is 1. The first-order chi connectivity index (χ1) is 38.9. The molecular formula is C73H93N3O6. The number of phenolic OH excluding ortho intramolecular Hbond substituents is 2. The number of phenols is 2. The molecule has 0 aliphatic heterocycles. The molecule has 0 radical (unpaired) electrons. The molecule has 0 heterocycles. The van der Waals surface area contributed by atoms with E-state index in [0.717, 1.165) is 39.8 Å². The minimum Gasteiger partial charge on any atom is -0.508 e. The zero-order chi connectivity index (χ0) is 60.0. The molecule has 0 aliphatic carbocycles. The normalized spacial score (nSPS) is 8.37. The van der Waals surface area contributed by atoms with Crippen LogP contribution in [0.15, 0.2) is 231 Å². The van der Waals surface area contributed by atoms with Crippen molar-refractivity contribution in [2.75, 3.05) is 14.2 Å². The number of aryl methyl sites for hydroxylation is 2. The monoisotopic (exact) mass is 1110 g/mol. The first-order valence-corrected chi connectivity index (χ1v) is 26.7. The number of benzene rings is 10. The lowest BCUT2D eigenvalue weighted by Crippen LogP contribution is -1.83. The van der Waals surface area contributed by atoms with Crippen LogP contribution in [-0.4, -0.2) is 29.5 Å². The van der Waals surface area contributed by atoms with Gasteiger partial charge in [-0.1, -0.05) is 290 Å². The highest BCUT2D eigenvalue weighted by Crippen LogP contribution is 2.21. The molecule has 9 heteroatoms. The Balaban J connectivity index is -0.000000420. The molecular weight excluding hydrogens is 1010 g/mol. The number of aromatic hydroxyl groups is 2. The van der Waals surface area contributed by atoms with E-state index in [2.05, 4.69) is 162 Å². The Kier molecular flexibility index (Phi) is 53.1. The number of nitriles is 3. The fourth-order valence-corrected chi connectivity index (χ4v) is 6.01. The predicted molar refractivity (Wildman–Crippen MR) is 352 cm³/mol. The Hall–Kier alpha value is -9.33. The first kappa shape index (κ1) is 79.2. The maximum Gasteiger partial charge on any atom is 0.292 e. The van der Waals surface area contributed by atoms with E-state index in [0.29, 0.717) is 23.0 Å². The summed E-state index contributed by atoms with van der Waals surface area (Å²) in [4.78, 5) is 0. The molecule has 0 saturated carbocycles. The van der Waals surface area contributed by atoms with Gasteiger partial charge in [0.15, 0.2) is 0 Å². The molecule has 0 saturated heterocycles. The van der Waals surface area contributed by atoms with Crippen LogP contribution >= 0.6 is 0 Å². The Morgan fingerprint density at radius 1 is 0.341 bits per heavy atom. The van der Waals surface area contributed by atoms with E-state index in [1.807, 2.05) is 117 Å². The largest absolute Gasteiger partial charge is 0.508 e. The average Bonchev–Trinajstić information content (AvgIpc) is 3.54. The van der Waals surface area contributed by atoms with Crippen LogP contribution in [0.1, 0.15) is 107 Å². The molecule has 82 heavy (non-hydrogen) atoms. The maximum atomic E-state index is 9.13. The number of ether oxygens (including phenoxy) is 3. The van der Waals surface area contributed by atoms with Crippen LogP contribution in [0, 0.1) is 48.4 Å². The number of nitrogens with zero attached hydrogens (tertiary/aromatic N) is 3. The Morgan fingerprint density at radius 3 is 0.902 bits per heavy atom. The summed E-state index contributed by atoms with van der Waals surface area (Å²) in [6.45, 7) is 20.8. The number of hydrogen-bond donors (Lipinski definition) is 3. The van der Waals surface area contributed by atoms with Gasteiger partial charge in [-0.05, 0) is 104 Å². The summed E-state index contributed by atoms with van der Waals surface area (Å²) in [5.74, 6) is 1.91. The van der Waals surface area contributed by atoms with Crippen molar-refractivity contribution in [3.63, 3.8) is 0 Å². The summed E-state index contributed by atoms with van der Waals surface area (Å²) in [6.07, 6.45) is 9.70. The molecule has 0 aromatic heterocycles. The standard InChI is InChI=1S/C11H7NO.C10H8O.2C10H8.C8H7NO.C7H8O.4C3H8.C2H3NO.CH4O.2CH4/c12-8-13-11-6-5-9-3-1-2-4-10(9)7-11;11-10-6-5-8-3-1-2-4-9(8)7-10;2*1-2-6-10-8-4-3-7-9(10)5-1;1-7-4-2-3-5-8(7)10-6-9;1-6-4-2-3-5-7(6)8;4*1-3-2;1-4-2-3;1-2;;/h1-7H;1-7,11H;2*1-8H;2-5H,1H3;2-5,8H,1H3;4*3H2,1-2H3;1H3;2H,1H3;2*1H4. The van der Waals surface area contributed by atoms with Gasteiger partial charge >= 0.3 is 0 Å². The summed E-state index contributed by atoms with van der Waals surface area (Å²) in [5.41, 5.74) is 1.90. The molecule has 9 nitrogen and oxygen atoms in total. The second kappa shape index (κ2) is 55.0. The topological polar surface area (TPSA) is 160 Å². The molecule has 10 aromatic rings. The van der Waals surface area contributed by atoms with Gasteiger partial charge in [-0.3, -0.25) is 0 Å². The molecule has 0 amide bonds. The van der Waals surface area contributed by atoms with Crippen molar-refractivity contribution in [2.24, 2.45) is 0 Å². The van der Waals surface area contributed by atoms with Crippen LogP contribution in [0.5, 0.6) is 23.0 Å². The first-order valence-electron chi connectivity index (χ1n) is 26.7. The van der Waals surface area contributed by atoms with Gasteiger partial charge < -0.3 is 29.5 Å². The van der Waals surface area contributed by atoms with Crippen LogP contribution in [-0.2, 0) is 4.74 Å². The average molecular weight is 1110 g/mol. The summed E-state index contributed by atoms with van der Waals surface area (Å²) >= 11 is 0. The number of hydrogen-bond acceptors (Lipinski definition) is 9. The van der Waals surface area contributed by atoms with Crippen LogP contribution in [0.3, 0.4) is 0 Å². The molecule has 0 atom stereocenters. The molecule has 0 aliphatic rings. The number of fused-ring (bicyclic) bond motifs is 4. The van der Waals surface area contributed by atoms with Crippen molar-refractivity contribution in [2.45, 2.75) is 110 Å². The van der Waals surface area contributed by atoms with E-state index in [-0.39, 0.29) is 14.9 Å². The van der Waals surface area contributed by atoms with Gasteiger partial charge in [-0.2, -0.15) is 5.26 Å². The van der Waals surface area contributed by atoms with E-state index in [9.17, 15) is 0 Å². The van der Waals surface area contributed by atoms with Gasteiger partial charge in [-0.25, -0.2) is 0 Å². The maximum absolute atomic E-state index is 9.13. The lowest BCUT2D eigenvalue weighted by molar-refractivity contribution is 0.362. The van der Waals surface area contributed by atoms with E-state index in [1.165, 1.54) is 60.6 Å². The fraction of sp³-hybridized carbons (Fsp3) is 0.247. The lowest BCUT2D eigenvalue weighted by atomic mass is 10.1. The molecule has 0 fully saturated rings. The second-order valence-electron chi connectivity index (χ2n) is 16.8. The van der Waals surface area contributed by atoms with Crippen LogP contribution in [0.4, 0.5) is 0 Å². The second-order valence-corrected chi connectivity index (χ2v) is 16.8. The number of aliphatic hydroxyl groups is 1. The zero-order valence-electron chi connectivity index (χ0n) is 49.2. The van der Waals surface area contributed by atoms with Crippen molar-refractivity contribution in [1.82, 2.24) is 0 Å². The molecule has 0 unspecified atom stereocenters. The highest BCUT2D eigenvalue weighted by atomic mass is 16.5. The Bertz CT molecular complexity index is 3000. The van der Waals surface area contributed by atoms with Crippen LogP contribution in [0.2, 0.25) is 0 Å². The Labute approximate surface area is 493 Å². The Morgan fingerprint density at radius 2 is 0.610 bits per heavy atom. The minimum absolute atomic E-state index is 0. The molecule has 10 rings (SSSR count). The number of rotatable bonds is 2. The fourth-order valence-electron chi connectivity index (χ4n) is 6.01.